The zero-order chi connectivity index (χ0) is 13.2. The Bertz CT molecular complexity index is 389. The van der Waals surface area contributed by atoms with Crippen LogP contribution in [0.5, 0.6) is 0 Å². The van der Waals surface area contributed by atoms with Crippen molar-refractivity contribution in [3.63, 3.8) is 0 Å². The van der Waals surface area contributed by atoms with Crippen LogP contribution in [0.1, 0.15) is 12.0 Å². The maximum absolute atomic E-state index is 8.66. The van der Waals surface area contributed by atoms with Crippen molar-refractivity contribution >= 4 is 5.82 Å². The lowest BCUT2D eigenvalue weighted by Crippen LogP contribution is -2.28. The van der Waals surface area contributed by atoms with Crippen molar-refractivity contribution in [3.05, 3.63) is 23.9 Å². The lowest BCUT2D eigenvalue weighted by atomic mass is 10.2. The molecule has 0 amide bonds. The molecule has 0 aliphatic heterocycles. The van der Waals surface area contributed by atoms with Crippen molar-refractivity contribution in [2.75, 3.05) is 39.2 Å². The molecular weight excluding hydrogens is 228 g/mol. The molecule has 0 aliphatic carbocycles. The molecule has 1 aromatic rings. The highest BCUT2D eigenvalue weighted by molar-refractivity contribution is 5.36. The maximum atomic E-state index is 8.66. The molecule has 0 aliphatic rings. The third-order valence-corrected chi connectivity index (χ3v) is 2.64. The Morgan fingerprint density at radius 3 is 3.00 bits per heavy atom. The van der Waals surface area contributed by atoms with Crippen LogP contribution >= 0.6 is 0 Å². The second-order valence-corrected chi connectivity index (χ2v) is 3.98. The van der Waals surface area contributed by atoms with E-state index in [4.69, 9.17) is 10.00 Å². The highest BCUT2D eigenvalue weighted by Crippen LogP contribution is 2.09. The third kappa shape index (κ3) is 5.13. The molecule has 0 saturated carbocycles. The van der Waals surface area contributed by atoms with Gasteiger partial charge in [-0.15, -0.1) is 0 Å². The van der Waals surface area contributed by atoms with E-state index in [9.17, 15) is 0 Å². The van der Waals surface area contributed by atoms with Crippen LogP contribution in [0.3, 0.4) is 0 Å². The molecule has 0 fully saturated rings. The predicted molar refractivity (Wildman–Crippen MR) is 71.2 cm³/mol. The number of ether oxygens (including phenoxy) is 1. The van der Waals surface area contributed by atoms with Gasteiger partial charge in [-0.1, -0.05) is 0 Å². The molecular formula is C13H20N4O. The summed E-state index contributed by atoms with van der Waals surface area (Å²) in [4.78, 5) is 6.39. The third-order valence-electron chi connectivity index (χ3n) is 2.64. The van der Waals surface area contributed by atoms with E-state index in [1.54, 1.807) is 13.3 Å². The predicted octanol–water partition coefficient (Wildman–Crippen LogP) is 1.49. The van der Waals surface area contributed by atoms with Crippen LogP contribution in [0.15, 0.2) is 18.3 Å². The molecule has 1 aromatic heterocycles. The first-order valence-electron chi connectivity index (χ1n) is 6.01. The quantitative estimate of drug-likeness (QED) is 0.755. The molecule has 0 saturated heterocycles. The number of pyridine rings is 1. The van der Waals surface area contributed by atoms with Crippen LogP contribution in [-0.4, -0.2) is 43.7 Å². The van der Waals surface area contributed by atoms with Crippen molar-refractivity contribution in [2.45, 2.75) is 13.0 Å². The maximum Gasteiger partial charge on any atom is 0.125 e. The van der Waals surface area contributed by atoms with E-state index in [2.05, 4.69) is 21.3 Å². The molecule has 0 bridgehead atoms. The van der Waals surface area contributed by atoms with E-state index in [-0.39, 0.29) is 0 Å². The summed E-state index contributed by atoms with van der Waals surface area (Å²) >= 11 is 0. The monoisotopic (exact) mass is 248 g/mol. The summed E-state index contributed by atoms with van der Waals surface area (Å²) in [5.41, 5.74) is 1.18. The van der Waals surface area contributed by atoms with E-state index in [0.717, 1.165) is 25.5 Å². The van der Waals surface area contributed by atoms with Crippen LogP contribution in [0.4, 0.5) is 5.82 Å². The molecule has 5 nitrogen and oxygen atoms in total. The SMILES string of the molecule is CNc1cc(CN(CCC#N)CCOC)ccn1. The summed E-state index contributed by atoms with van der Waals surface area (Å²) in [6.45, 7) is 3.07. The van der Waals surface area contributed by atoms with E-state index >= 15 is 0 Å². The summed E-state index contributed by atoms with van der Waals surface area (Å²) in [7, 11) is 3.54. The van der Waals surface area contributed by atoms with Gasteiger partial charge in [0.1, 0.15) is 5.82 Å². The number of hydrogen-bond donors (Lipinski definition) is 1. The Hall–Kier alpha value is -1.64. The first-order valence-corrected chi connectivity index (χ1v) is 6.01. The molecule has 0 spiro atoms. The van der Waals surface area contributed by atoms with Gasteiger partial charge in [0.15, 0.2) is 0 Å². The van der Waals surface area contributed by atoms with Gasteiger partial charge < -0.3 is 10.1 Å². The lowest BCUT2D eigenvalue weighted by molar-refractivity contribution is 0.145. The normalized spacial score (nSPS) is 10.3. The average Bonchev–Trinajstić information content (AvgIpc) is 2.42. The number of rotatable bonds is 8. The molecule has 0 unspecified atom stereocenters. The minimum atomic E-state index is 0.535. The first kappa shape index (κ1) is 14.4. The minimum absolute atomic E-state index is 0.535. The Kier molecular flexibility index (Phi) is 6.77. The van der Waals surface area contributed by atoms with Gasteiger partial charge >= 0.3 is 0 Å². The smallest absolute Gasteiger partial charge is 0.125 e. The Labute approximate surface area is 108 Å². The molecule has 1 N–H and O–H groups in total. The largest absolute Gasteiger partial charge is 0.383 e. The summed E-state index contributed by atoms with van der Waals surface area (Å²) < 4.78 is 5.09. The number of hydrogen-bond acceptors (Lipinski definition) is 5. The van der Waals surface area contributed by atoms with Gasteiger partial charge in [0.05, 0.1) is 12.7 Å². The zero-order valence-corrected chi connectivity index (χ0v) is 11.0. The zero-order valence-electron chi connectivity index (χ0n) is 11.0. The average molecular weight is 248 g/mol. The number of nitriles is 1. The van der Waals surface area contributed by atoms with Gasteiger partial charge in [-0.05, 0) is 17.7 Å². The van der Waals surface area contributed by atoms with Gasteiger partial charge in [0.25, 0.3) is 0 Å². The van der Waals surface area contributed by atoms with E-state index in [1.165, 1.54) is 5.56 Å². The molecule has 1 rings (SSSR count). The van der Waals surface area contributed by atoms with Crippen molar-refractivity contribution in [2.24, 2.45) is 0 Å². The van der Waals surface area contributed by atoms with Crippen molar-refractivity contribution in [1.29, 1.82) is 5.26 Å². The fourth-order valence-electron chi connectivity index (χ4n) is 1.67. The Morgan fingerprint density at radius 2 is 2.33 bits per heavy atom. The summed E-state index contributed by atoms with van der Waals surface area (Å²) in [5, 5.41) is 11.7. The van der Waals surface area contributed by atoms with E-state index < -0.39 is 0 Å². The van der Waals surface area contributed by atoms with Crippen molar-refractivity contribution in [3.8, 4) is 6.07 Å². The summed E-state index contributed by atoms with van der Waals surface area (Å²) in [5.74, 6) is 0.861. The minimum Gasteiger partial charge on any atom is -0.383 e. The van der Waals surface area contributed by atoms with Gasteiger partial charge in [-0.2, -0.15) is 5.26 Å². The van der Waals surface area contributed by atoms with Gasteiger partial charge in [-0.3, -0.25) is 4.90 Å². The first-order chi connectivity index (χ1) is 8.80. The number of methoxy groups -OCH3 is 1. The van der Waals surface area contributed by atoms with Crippen LogP contribution in [0.2, 0.25) is 0 Å². The Morgan fingerprint density at radius 1 is 1.50 bits per heavy atom. The second-order valence-electron chi connectivity index (χ2n) is 3.98. The summed E-state index contributed by atoms with van der Waals surface area (Å²) in [6, 6.07) is 6.19. The highest BCUT2D eigenvalue weighted by atomic mass is 16.5. The number of nitrogens with zero attached hydrogens (tertiary/aromatic N) is 3. The van der Waals surface area contributed by atoms with E-state index in [1.807, 2.05) is 19.2 Å². The van der Waals surface area contributed by atoms with E-state index in [0.29, 0.717) is 13.0 Å². The number of nitrogens with one attached hydrogen (secondary N) is 1. The highest BCUT2D eigenvalue weighted by Gasteiger charge is 2.06. The fraction of sp³-hybridized carbons (Fsp3) is 0.538. The van der Waals surface area contributed by atoms with Crippen molar-refractivity contribution in [1.82, 2.24) is 9.88 Å². The molecule has 0 atom stereocenters. The molecule has 0 aromatic carbocycles. The second kappa shape index (κ2) is 8.45. The molecule has 1 heterocycles. The molecule has 18 heavy (non-hydrogen) atoms. The molecule has 98 valence electrons. The van der Waals surface area contributed by atoms with Crippen LogP contribution in [0, 0.1) is 11.3 Å². The molecule has 5 heteroatoms. The van der Waals surface area contributed by atoms with Gasteiger partial charge in [0, 0.05) is 46.4 Å². The topological polar surface area (TPSA) is 61.2 Å². The van der Waals surface area contributed by atoms with Crippen LogP contribution in [-0.2, 0) is 11.3 Å². The van der Waals surface area contributed by atoms with Gasteiger partial charge in [0.2, 0.25) is 0 Å². The number of aromatic nitrogens is 1. The lowest BCUT2D eigenvalue weighted by Gasteiger charge is -2.20. The fourth-order valence-corrected chi connectivity index (χ4v) is 1.67. The molecule has 0 radical (unpaired) electrons. The van der Waals surface area contributed by atoms with Crippen molar-refractivity contribution < 1.29 is 4.74 Å². The van der Waals surface area contributed by atoms with Crippen LogP contribution in [0.25, 0.3) is 0 Å². The Balaban J connectivity index is 2.59. The summed E-state index contributed by atoms with van der Waals surface area (Å²) in [6.07, 6.45) is 2.33. The van der Waals surface area contributed by atoms with Gasteiger partial charge in [-0.25, -0.2) is 4.98 Å². The standard InChI is InChI=1S/C13H20N4O/c1-15-13-10-12(4-6-16-13)11-17(7-3-5-14)8-9-18-2/h4,6,10H,3,7-9,11H2,1-2H3,(H,15,16). The van der Waals surface area contributed by atoms with Crippen LogP contribution < -0.4 is 5.32 Å². The number of anilines is 1.